The van der Waals surface area contributed by atoms with E-state index in [0.29, 0.717) is 12.3 Å². The van der Waals surface area contributed by atoms with Crippen molar-refractivity contribution in [3.05, 3.63) is 123 Å². The molecule has 6 aromatic rings. The van der Waals surface area contributed by atoms with E-state index in [0.717, 1.165) is 54.8 Å². The number of para-hydroxylation sites is 1. The van der Waals surface area contributed by atoms with Gasteiger partial charge in [-0.1, -0.05) is 41.8 Å². The van der Waals surface area contributed by atoms with Crippen molar-refractivity contribution in [3.8, 4) is 28.7 Å². The average molecular weight is 1180 g/mol. The first-order chi connectivity index (χ1) is 35.8. The summed E-state index contributed by atoms with van der Waals surface area (Å²) < 4.78 is 216. The number of alkyl halides is 8. The molecule has 78 heavy (non-hydrogen) atoms. The molecule has 31 heteroatoms. The van der Waals surface area contributed by atoms with Crippen LogP contribution in [0.3, 0.4) is 0 Å². The van der Waals surface area contributed by atoms with Gasteiger partial charge in [0.1, 0.15) is 46.6 Å². The van der Waals surface area contributed by atoms with Crippen molar-refractivity contribution in [3.63, 3.8) is 0 Å². The molecule has 3 aromatic carbocycles. The molecule has 416 valence electrons. The Hall–Kier alpha value is -6.57. The number of nitrogens with zero attached hydrogens (tertiary/aromatic N) is 6. The molecule has 3 heterocycles. The molecule has 8 rings (SSSR count). The van der Waals surface area contributed by atoms with E-state index in [4.69, 9.17) is 11.6 Å². The van der Waals surface area contributed by atoms with Gasteiger partial charge in [-0.15, -0.1) is 0 Å². The first-order valence-corrected chi connectivity index (χ1v) is 28.2. The number of halogens is 11. The average Bonchev–Trinajstić information content (AvgIpc) is 4.04. The predicted octanol–water partition coefficient (Wildman–Crippen LogP) is 8.30. The van der Waals surface area contributed by atoms with Gasteiger partial charge in [-0.2, -0.15) is 49.6 Å². The van der Waals surface area contributed by atoms with Gasteiger partial charge in [0.2, 0.25) is 21.8 Å². The fourth-order valence-corrected chi connectivity index (χ4v) is 10.7. The van der Waals surface area contributed by atoms with Gasteiger partial charge >= 0.3 is 20.2 Å². The minimum atomic E-state index is -5.30. The molecule has 2 aliphatic carbocycles. The number of phosphoric ester groups is 1. The number of sulfone groups is 1. The molecular weight excluding hydrogens is 1140 g/mol. The van der Waals surface area contributed by atoms with E-state index in [1.807, 2.05) is 0 Å². The number of hydrogen-bond acceptors (Lipinski definition) is 11. The molecule has 0 spiro atoms. The Balaban J connectivity index is 1.36. The van der Waals surface area contributed by atoms with Crippen LogP contribution >= 0.6 is 19.4 Å². The lowest BCUT2D eigenvalue weighted by Crippen LogP contribution is -2.38. The molecule has 0 bridgehead atoms. The van der Waals surface area contributed by atoms with Gasteiger partial charge in [0.15, 0.2) is 21.3 Å². The maximum Gasteiger partial charge on any atom is 0.524 e. The summed E-state index contributed by atoms with van der Waals surface area (Å²) in [4.78, 5) is 51.9. The van der Waals surface area contributed by atoms with Crippen molar-refractivity contribution in [1.82, 2.24) is 29.9 Å². The standard InChI is InChI=1S/C47H39ClF10N7O10PS2/c1-44(2,77(3,71)72)14-13-27-9-10-28(39(59-27)33(17-23-15-25(49)19-26(50)16-23)60-35(66)21-63-42-37(41(61-63)47(56,57)58)30-20-31(30)46(42,54)55)29-11-12-32(48)38-40(29)64(22-45(51,52)53)62-43(38)65(78(4,73)74)36(67)18-24-7-5-6-8-34(24)75-76(68,69)70/h5-12,15-16,19,30-31,33H,17-18,20-22H2,1-4H3,(H,60,66)(H2,68,69,70)/t30-,31+,33-/m0/s1. The minimum Gasteiger partial charge on any atom is -0.404 e. The molecule has 17 nitrogen and oxygen atoms in total. The number of anilines is 1. The molecule has 1 saturated carbocycles. The van der Waals surface area contributed by atoms with Crippen LogP contribution in [0.2, 0.25) is 5.02 Å². The van der Waals surface area contributed by atoms with E-state index in [1.54, 1.807) is 0 Å². The van der Waals surface area contributed by atoms with E-state index in [9.17, 15) is 75.9 Å². The number of carbonyl (C=O) groups is 2. The number of rotatable bonds is 15. The van der Waals surface area contributed by atoms with Crippen LogP contribution in [-0.4, -0.2) is 86.4 Å². The number of phosphoric acid groups is 1. The van der Waals surface area contributed by atoms with Crippen molar-refractivity contribution in [2.75, 3.05) is 16.8 Å². The number of amides is 2. The molecule has 0 aliphatic heterocycles. The van der Waals surface area contributed by atoms with Crippen LogP contribution in [0.25, 0.3) is 22.0 Å². The second-order valence-corrected chi connectivity index (χ2v) is 24.8. The van der Waals surface area contributed by atoms with Gasteiger partial charge in [-0.25, -0.2) is 35.2 Å². The Morgan fingerprint density at radius 3 is 2.19 bits per heavy atom. The fourth-order valence-electron chi connectivity index (χ4n) is 8.96. The normalized spacial score (nSPS) is 16.7. The first kappa shape index (κ1) is 57.6. The third-order valence-corrected chi connectivity index (χ3v) is 16.3. The van der Waals surface area contributed by atoms with Gasteiger partial charge in [0.05, 0.1) is 40.3 Å². The lowest BCUT2D eigenvalue weighted by molar-refractivity contribution is -0.143. The lowest BCUT2D eigenvalue weighted by atomic mass is 9.93. The van der Waals surface area contributed by atoms with E-state index in [2.05, 4.69) is 36.9 Å². The van der Waals surface area contributed by atoms with Crippen LogP contribution in [0.1, 0.15) is 71.7 Å². The van der Waals surface area contributed by atoms with Gasteiger partial charge in [0, 0.05) is 40.5 Å². The summed E-state index contributed by atoms with van der Waals surface area (Å²) in [5.41, 5.74) is -6.63. The summed E-state index contributed by atoms with van der Waals surface area (Å²) in [6.07, 6.45) is -11.2. The molecular formula is C47H39ClF10N7O10PS2. The second-order valence-electron chi connectivity index (χ2n) is 18.8. The van der Waals surface area contributed by atoms with Crippen molar-refractivity contribution >= 4 is 67.8 Å². The van der Waals surface area contributed by atoms with E-state index >= 15 is 8.78 Å². The van der Waals surface area contributed by atoms with Crippen LogP contribution in [0.15, 0.2) is 66.7 Å². The molecule has 3 atom stereocenters. The molecule has 2 aliphatic rings. The smallest absolute Gasteiger partial charge is 0.404 e. The highest BCUT2D eigenvalue weighted by molar-refractivity contribution is 7.93. The second kappa shape index (κ2) is 20.0. The summed E-state index contributed by atoms with van der Waals surface area (Å²) in [5, 5.41) is 8.47. The Morgan fingerprint density at radius 1 is 0.949 bits per heavy atom. The third-order valence-electron chi connectivity index (χ3n) is 12.6. The minimum absolute atomic E-state index is 0.0295. The largest absolute Gasteiger partial charge is 0.524 e. The number of nitrogens with one attached hydrogen (secondary N) is 1. The number of aromatic nitrogens is 5. The molecule has 0 radical (unpaired) electrons. The van der Waals surface area contributed by atoms with Crippen molar-refractivity contribution < 1.29 is 89.2 Å². The highest BCUT2D eigenvalue weighted by atomic mass is 35.5. The molecule has 1 fully saturated rings. The number of benzene rings is 3. The maximum atomic E-state index is 15.6. The summed E-state index contributed by atoms with van der Waals surface area (Å²) in [7, 11) is -14.2. The zero-order chi connectivity index (χ0) is 57.6. The van der Waals surface area contributed by atoms with Gasteiger partial charge in [-0.05, 0) is 80.5 Å². The predicted molar refractivity (Wildman–Crippen MR) is 258 cm³/mol. The van der Waals surface area contributed by atoms with Crippen LogP contribution in [0.4, 0.5) is 49.7 Å². The lowest BCUT2D eigenvalue weighted by Gasteiger charge is -2.23. The van der Waals surface area contributed by atoms with Crippen LogP contribution < -0.4 is 14.1 Å². The third kappa shape index (κ3) is 11.9. The summed E-state index contributed by atoms with van der Waals surface area (Å²) in [5.74, 6) is -8.41. The highest BCUT2D eigenvalue weighted by Crippen LogP contribution is 2.68. The van der Waals surface area contributed by atoms with E-state index in [1.165, 1.54) is 26.0 Å². The molecule has 2 amide bonds. The Kier molecular flexibility index (Phi) is 14.7. The highest BCUT2D eigenvalue weighted by Gasteiger charge is 2.68. The summed E-state index contributed by atoms with van der Waals surface area (Å²) >= 11 is 6.68. The quantitative estimate of drug-likeness (QED) is 0.0500. The van der Waals surface area contributed by atoms with Crippen molar-refractivity contribution in [1.29, 1.82) is 0 Å². The van der Waals surface area contributed by atoms with Crippen LogP contribution in [-0.2, 0) is 72.0 Å². The first-order valence-electron chi connectivity index (χ1n) is 22.5. The van der Waals surface area contributed by atoms with Gasteiger partial charge in [0.25, 0.3) is 5.92 Å². The Morgan fingerprint density at radius 2 is 1.59 bits per heavy atom. The molecule has 3 N–H and O–H groups in total. The molecule has 0 unspecified atom stereocenters. The summed E-state index contributed by atoms with van der Waals surface area (Å²) in [6, 6.07) is 9.12. The fraction of sp³-hybridized carbons (Fsp3) is 0.340. The molecule has 3 aromatic heterocycles. The Labute approximate surface area is 440 Å². The van der Waals surface area contributed by atoms with Gasteiger partial charge < -0.3 is 9.84 Å². The molecule has 0 saturated heterocycles. The SMILES string of the molecule is CC(C)(C#Cc1ccc(-c2ccc(Cl)c3c(N(C(=O)Cc4ccccc4OP(=O)(O)O)S(C)(=O)=O)nn(CC(F)(F)F)c23)c([C@H](Cc2cc(F)cc(F)c2)NC(=O)Cn2nc(C(F)(F)F)c3c2C(F)(F)[C@@H]2C[C@H]32)n1)S(C)(=O)=O. The van der Waals surface area contributed by atoms with Crippen molar-refractivity contribution in [2.45, 2.75) is 81.2 Å². The van der Waals surface area contributed by atoms with Crippen LogP contribution in [0, 0.1) is 29.4 Å². The number of fused-ring (bicyclic) bond motifs is 4. The van der Waals surface area contributed by atoms with Crippen LogP contribution in [0.5, 0.6) is 5.75 Å². The topological polar surface area (TPSA) is 233 Å². The van der Waals surface area contributed by atoms with Gasteiger partial charge in [-0.3, -0.25) is 28.7 Å². The summed E-state index contributed by atoms with van der Waals surface area (Å²) in [6.45, 7) is -0.966. The number of hydrogen-bond donors (Lipinski definition) is 3. The zero-order valence-electron chi connectivity index (χ0n) is 40.4. The zero-order valence-corrected chi connectivity index (χ0v) is 43.7. The Bertz CT molecular complexity index is 3800. The maximum absolute atomic E-state index is 15.6. The van der Waals surface area contributed by atoms with E-state index in [-0.39, 0.29) is 42.5 Å². The van der Waals surface area contributed by atoms with Crippen molar-refractivity contribution in [2.24, 2.45) is 5.92 Å². The number of pyridine rings is 1. The number of sulfonamides is 1. The number of carbonyl (C=O) groups excluding carboxylic acids is 2. The monoisotopic (exact) mass is 1180 g/mol. The van der Waals surface area contributed by atoms with E-state index < -0.39 is 174 Å².